The fourth-order valence-corrected chi connectivity index (χ4v) is 0.777. The van der Waals surface area contributed by atoms with Crippen LogP contribution in [-0.2, 0) is 4.79 Å². The maximum absolute atomic E-state index is 11.2. The lowest BCUT2D eigenvalue weighted by Gasteiger charge is -1.99. The minimum absolute atomic E-state index is 0.206. The first kappa shape index (κ1) is 12.1. The van der Waals surface area contributed by atoms with E-state index in [0.29, 0.717) is 12.2 Å². The average Bonchev–Trinajstić information content (AvgIpc) is 2.05. The van der Waals surface area contributed by atoms with Gasteiger partial charge in [-0.15, -0.1) is 0 Å². The highest BCUT2D eigenvalue weighted by Gasteiger charge is 2.03. The van der Waals surface area contributed by atoms with Gasteiger partial charge >= 0.3 is 0 Å². The van der Waals surface area contributed by atoms with E-state index in [0.717, 1.165) is 4.48 Å². The van der Waals surface area contributed by atoms with Gasteiger partial charge in [-0.3, -0.25) is 9.79 Å². The number of allylic oxidation sites excluding steroid dienone is 3. The van der Waals surface area contributed by atoms with Crippen molar-refractivity contribution in [2.45, 2.75) is 13.8 Å². The molecular formula is C9H13BrN2O. The number of likely N-dealkylation sites (N-methyl/N-ethyl adjacent to an activating group) is 1. The summed E-state index contributed by atoms with van der Waals surface area (Å²) in [6.07, 6.45) is 3.36. The van der Waals surface area contributed by atoms with Gasteiger partial charge in [0.25, 0.3) is 5.91 Å². The third kappa shape index (κ3) is 5.36. The summed E-state index contributed by atoms with van der Waals surface area (Å²) in [6.45, 7) is 7.63. The van der Waals surface area contributed by atoms with E-state index in [1.807, 2.05) is 13.8 Å². The van der Waals surface area contributed by atoms with Crippen LogP contribution in [0.4, 0.5) is 0 Å². The molecule has 4 heteroatoms. The van der Waals surface area contributed by atoms with Crippen LogP contribution >= 0.6 is 15.9 Å². The van der Waals surface area contributed by atoms with Crippen LogP contribution in [0.15, 0.2) is 27.3 Å². The van der Waals surface area contributed by atoms with Gasteiger partial charge in [0.05, 0.1) is 0 Å². The summed E-state index contributed by atoms with van der Waals surface area (Å²) in [5.41, 5.74) is 0.320. The molecule has 13 heavy (non-hydrogen) atoms. The van der Waals surface area contributed by atoms with Gasteiger partial charge in [-0.25, -0.2) is 0 Å². The van der Waals surface area contributed by atoms with Gasteiger partial charge in [0.2, 0.25) is 0 Å². The van der Waals surface area contributed by atoms with Crippen LogP contribution in [0.3, 0.4) is 0 Å². The normalized spacial score (nSPS) is 12.5. The van der Waals surface area contributed by atoms with Crippen LogP contribution in [0, 0.1) is 0 Å². The Kier molecular flexibility index (Phi) is 6.14. The Hall–Kier alpha value is -0.900. The van der Waals surface area contributed by atoms with Crippen LogP contribution in [-0.4, -0.2) is 19.2 Å². The second-order valence-corrected chi connectivity index (χ2v) is 3.57. The molecule has 1 amide bonds. The van der Waals surface area contributed by atoms with Crippen LogP contribution in [0.2, 0.25) is 0 Å². The zero-order valence-electron chi connectivity index (χ0n) is 7.80. The summed E-state index contributed by atoms with van der Waals surface area (Å²) in [6, 6.07) is 0. The lowest BCUT2D eigenvalue weighted by molar-refractivity contribution is -0.117. The summed E-state index contributed by atoms with van der Waals surface area (Å²) in [5, 5.41) is 2.63. The molecule has 0 bridgehead atoms. The molecule has 0 aromatic carbocycles. The highest BCUT2D eigenvalue weighted by Crippen LogP contribution is 2.04. The number of carbonyl (C=O) groups is 1. The molecule has 0 aliphatic carbocycles. The first-order chi connectivity index (χ1) is 6.11. The molecule has 0 rings (SSSR count). The number of halogens is 1. The molecule has 0 radical (unpaired) electrons. The van der Waals surface area contributed by atoms with E-state index in [9.17, 15) is 4.79 Å². The lowest BCUT2D eigenvalue weighted by atomic mass is 10.3. The molecule has 0 aromatic rings. The topological polar surface area (TPSA) is 41.5 Å². The molecule has 0 spiro atoms. The third-order valence-electron chi connectivity index (χ3n) is 1.21. The predicted octanol–water partition coefficient (Wildman–Crippen LogP) is 2.01. The van der Waals surface area contributed by atoms with Crippen LogP contribution < -0.4 is 5.32 Å². The van der Waals surface area contributed by atoms with Gasteiger partial charge in [-0.1, -0.05) is 22.0 Å². The zero-order valence-corrected chi connectivity index (χ0v) is 9.39. The SMILES string of the molecule is C=N/C(=C\C=C(/C)Br)C(=O)NCC. The van der Waals surface area contributed by atoms with Crippen molar-refractivity contribution in [2.75, 3.05) is 6.54 Å². The van der Waals surface area contributed by atoms with Crippen molar-refractivity contribution in [1.29, 1.82) is 0 Å². The molecule has 0 aliphatic heterocycles. The van der Waals surface area contributed by atoms with Gasteiger partial charge in [-0.05, 0) is 31.1 Å². The van der Waals surface area contributed by atoms with Crippen LogP contribution in [0.25, 0.3) is 0 Å². The Labute approximate surface area is 86.8 Å². The van der Waals surface area contributed by atoms with E-state index in [1.54, 1.807) is 12.2 Å². The summed E-state index contributed by atoms with van der Waals surface area (Å²) in [7, 11) is 0. The standard InChI is InChI=1S/C9H13BrN2O/c1-4-12-9(13)8(11-3)6-5-7(2)10/h5-6H,3-4H2,1-2H3,(H,12,13)/b7-5+,8-6-. The molecule has 0 unspecified atom stereocenters. The summed E-state index contributed by atoms with van der Waals surface area (Å²) in [4.78, 5) is 14.8. The van der Waals surface area contributed by atoms with Crippen molar-refractivity contribution < 1.29 is 4.79 Å². The van der Waals surface area contributed by atoms with Gasteiger partial charge in [0.15, 0.2) is 0 Å². The summed E-state index contributed by atoms with van der Waals surface area (Å²) >= 11 is 3.24. The van der Waals surface area contributed by atoms with E-state index >= 15 is 0 Å². The van der Waals surface area contributed by atoms with Crippen molar-refractivity contribution in [2.24, 2.45) is 4.99 Å². The molecular weight excluding hydrogens is 232 g/mol. The van der Waals surface area contributed by atoms with E-state index in [1.165, 1.54) is 0 Å². The highest BCUT2D eigenvalue weighted by molar-refractivity contribution is 9.11. The number of amides is 1. The predicted molar refractivity (Wildman–Crippen MR) is 59.0 cm³/mol. The second-order valence-electron chi connectivity index (χ2n) is 2.32. The van der Waals surface area contributed by atoms with E-state index in [4.69, 9.17) is 0 Å². The molecule has 0 saturated carbocycles. The minimum atomic E-state index is -0.206. The van der Waals surface area contributed by atoms with Gasteiger partial charge in [0, 0.05) is 6.54 Å². The smallest absolute Gasteiger partial charge is 0.269 e. The van der Waals surface area contributed by atoms with Crippen LogP contribution in [0.1, 0.15) is 13.8 Å². The quantitative estimate of drug-likeness (QED) is 0.459. The molecule has 3 nitrogen and oxygen atoms in total. The lowest BCUT2D eigenvalue weighted by Crippen LogP contribution is -2.23. The van der Waals surface area contributed by atoms with Crippen molar-refractivity contribution in [1.82, 2.24) is 5.32 Å². The Balaban J connectivity index is 4.50. The largest absolute Gasteiger partial charge is 0.351 e. The second kappa shape index (κ2) is 6.60. The molecule has 0 aromatic heterocycles. The maximum Gasteiger partial charge on any atom is 0.269 e. The molecule has 0 fully saturated rings. The molecule has 0 heterocycles. The third-order valence-corrected chi connectivity index (χ3v) is 1.48. The zero-order chi connectivity index (χ0) is 10.3. The van der Waals surface area contributed by atoms with Gasteiger partial charge < -0.3 is 5.32 Å². The fourth-order valence-electron chi connectivity index (χ4n) is 0.645. The Morgan fingerprint density at radius 2 is 2.23 bits per heavy atom. The van der Waals surface area contributed by atoms with E-state index in [2.05, 4.69) is 33.0 Å². The summed E-state index contributed by atoms with van der Waals surface area (Å²) < 4.78 is 0.929. The van der Waals surface area contributed by atoms with E-state index < -0.39 is 0 Å². The first-order valence-electron chi connectivity index (χ1n) is 3.90. The minimum Gasteiger partial charge on any atom is -0.351 e. The van der Waals surface area contributed by atoms with Gasteiger partial charge in [0.1, 0.15) is 5.70 Å². The number of nitrogens with one attached hydrogen (secondary N) is 1. The Morgan fingerprint density at radius 1 is 1.62 bits per heavy atom. The molecule has 0 aliphatic rings. The first-order valence-corrected chi connectivity index (χ1v) is 4.70. The monoisotopic (exact) mass is 244 g/mol. The highest BCUT2D eigenvalue weighted by atomic mass is 79.9. The fraction of sp³-hybridized carbons (Fsp3) is 0.333. The Morgan fingerprint density at radius 3 is 2.62 bits per heavy atom. The van der Waals surface area contributed by atoms with Crippen molar-refractivity contribution >= 4 is 28.6 Å². The molecule has 0 atom stereocenters. The number of carbonyl (C=O) groups excluding carboxylic acids is 1. The molecule has 1 N–H and O–H groups in total. The van der Waals surface area contributed by atoms with Crippen molar-refractivity contribution in [3.8, 4) is 0 Å². The summed E-state index contributed by atoms with van der Waals surface area (Å²) in [5.74, 6) is -0.206. The van der Waals surface area contributed by atoms with Crippen LogP contribution in [0.5, 0.6) is 0 Å². The van der Waals surface area contributed by atoms with Gasteiger partial charge in [-0.2, -0.15) is 0 Å². The number of hydrogen-bond acceptors (Lipinski definition) is 2. The molecule has 0 saturated heterocycles. The number of rotatable bonds is 4. The molecule has 72 valence electrons. The Bertz CT molecular complexity index is 252. The number of aliphatic imine (C=N–C) groups is 1. The van der Waals surface area contributed by atoms with E-state index in [-0.39, 0.29) is 5.91 Å². The number of hydrogen-bond donors (Lipinski definition) is 1. The number of nitrogens with zero attached hydrogens (tertiary/aromatic N) is 1. The van der Waals surface area contributed by atoms with Crippen molar-refractivity contribution in [3.05, 3.63) is 22.3 Å². The van der Waals surface area contributed by atoms with Crippen molar-refractivity contribution in [3.63, 3.8) is 0 Å². The average molecular weight is 245 g/mol. The maximum atomic E-state index is 11.2.